The van der Waals surface area contributed by atoms with Crippen LogP contribution in [0.1, 0.15) is 11.6 Å². The van der Waals surface area contributed by atoms with E-state index in [2.05, 4.69) is 5.32 Å². The van der Waals surface area contributed by atoms with Crippen LogP contribution in [-0.4, -0.2) is 17.9 Å². The van der Waals surface area contributed by atoms with Gasteiger partial charge in [-0.2, -0.15) is 0 Å². The normalized spacial score (nSPS) is 26.9. The molecule has 5 nitrogen and oxygen atoms in total. The van der Waals surface area contributed by atoms with Crippen LogP contribution in [-0.2, 0) is 14.4 Å². The first-order chi connectivity index (χ1) is 10.8. The number of carbonyl (C=O) groups excluding carboxylic acids is 2. The first kappa shape index (κ1) is 13.0. The summed E-state index contributed by atoms with van der Waals surface area (Å²) >= 11 is 0. The highest BCUT2D eigenvalue weighted by molar-refractivity contribution is 6.07. The SMILES string of the molecule is O=C1NC(=O)[C@H]2ON(c3ccccc3)[C@@H](c3ccccc3)[C@H]12. The van der Waals surface area contributed by atoms with Crippen molar-refractivity contribution in [2.75, 3.05) is 5.06 Å². The minimum Gasteiger partial charge on any atom is -0.294 e. The Hall–Kier alpha value is -2.66. The molecule has 22 heavy (non-hydrogen) atoms. The van der Waals surface area contributed by atoms with E-state index in [9.17, 15) is 9.59 Å². The average molecular weight is 294 g/mol. The van der Waals surface area contributed by atoms with E-state index in [1.54, 1.807) is 5.06 Å². The van der Waals surface area contributed by atoms with Gasteiger partial charge in [0.15, 0.2) is 6.10 Å². The molecule has 2 aromatic carbocycles. The highest BCUT2D eigenvalue weighted by Crippen LogP contribution is 2.44. The van der Waals surface area contributed by atoms with Crippen LogP contribution >= 0.6 is 0 Å². The predicted octanol–water partition coefficient (Wildman–Crippen LogP) is 1.82. The molecular weight excluding hydrogens is 280 g/mol. The van der Waals surface area contributed by atoms with Gasteiger partial charge in [-0.15, -0.1) is 0 Å². The summed E-state index contributed by atoms with van der Waals surface area (Å²) in [5.74, 6) is -1.17. The molecule has 0 aliphatic carbocycles. The van der Waals surface area contributed by atoms with Crippen molar-refractivity contribution in [1.82, 2.24) is 5.32 Å². The van der Waals surface area contributed by atoms with Gasteiger partial charge in [-0.05, 0) is 17.7 Å². The van der Waals surface area contributed by atoms with E-state index in [0.29, 0.717) is 0 Å². The molecule has 0 radical (unpaired) electrons. The molecule has 0 aromatic heterocycles. The molecule has 2 saturated heterocycles. The lowest BCUT2D eigenvalue weighted by Gasteiger charge is -2.27. The lowest BCUT2D eigenvalue weighted by molar-refractivity contribution is -0.129. The van der Waals surface area contributed by atoms with Crippen LogP contribution < -0.4 is 10.4 Å². The number of benzene rings is 2. The quantitative estimate of drug-likeness (QED) is 0.858. The van der Waals surface area contributed by atoms with Gasteiger partial charge in [-0.3, -0.25) is 19.7 Å². The zero-order valence-corrected chi connectivity index (χ0v) is 11.7. The molecule has 1 N–H and O–H groups in total. The van der Waals surface area contributed by atoms with Gasteiger partial charge >= 0.3 is 0 Å². The zero-order chi connectivity index (χ0) is 15.1. The number of para-hydroxylation sites is 1. The van der Waals surface area contributed by atoms with Gasteiger partial charge in [0.05, 0.1) is 11.7 Å². The fourth-order valence-electron chi connectivity index (χ4n) is 3.12. The van der Waals surface area contributed by atoms with Crippen molar-refractivity contribution < 1.29 is 14.4 Å². The highest BCUT2D eigenvalue weighted by Gasteiger charge is 2.56. The Morgan fingerprint density at radius 2 is 1.50 bits per heavy atom. The van der Waals surface area contributed by atoms with Gasteiger partial charge in [0.2, 0.25) is 5.91 Å². The topological polar surface area (TPSA) is 58.6 Å². The molecule has 2 amide bonds. The third-order valence-corrected chi connectivity index (χ3v) is 4.11. The third-order valence-electron chi connectivity index (χ3n) is 4.11. The van der Waals surface area contributed by atoms with Crippen LogP contribution in [0.15, 0.2) is 60.7 Å². The van der Waals surface area contributed by atoms with Crippen molar-refractivity contribution >= 4 is 17.5 Å². The lowest BCUT2D eigenvalue weighted by Crippen LogP contribution is -2.33. The lowest BCUT2D eigenvalue weighted by atomic mass is 9.91. The number of hydrogen-bond acceptors (Lipinski definition) is 4. The Labute approximate surface area is 127 Å². The summed E-state index contributed by atoms with van der Waals surface area (Å²) in [7, 11) is 0. The molecule has 0 bridgehead atoms. The van der Waals surface area contributed by atoms with Crippen LogP contribution in [0.2, 0.25) is 0 Å². The number of anilines is 1. The maximum atomic E-state index is 12.2. The van der Waals surface area contributed by atoms with E-state index in [1.807, 2.05) is 60.7 Å². The van der Waals surface area contributed by atoms with E-state index >= 15 is 0 Å². The van der Waals surface area contributed by atoms with Crippen molar-refractivity contribution in [3.63, 3.8) is 0 Å². The minimum absolute atomic E-state index is 0.276. The molecular formula is C17H14N2O3. The summed E-state index contributed by atoms with van der Waals surface area (Å²) in [6.07, 6.45) is -0.766. The standard InChI is InChI=1S/C17H14N2O3/c20-16-13-14(11-7-3-1-4-8-11)19(12-9-5-2-6-10-12)22-15(13)17(21)18-16/h1-10,13-15H,(H,18,20,21)/t13-,14-,15-/m0/s1. The first-order valence-corrected chi connectivity index (χ1v) is 7.16. The van der Waals surface area contributed by atoms with Crippen molar-refractivity contribution in [2.24, 2.45) is 5.92 Å². The fourth-order valence-corrected chi connectivity index (χ4v) is 3.12. The van der Waals surface area contributed by atoms with Crippen molar-refractivity contribution in [2.45, 2.75) is 12.1 Å². The number of nitrogens with one attached hydrogen (secondary N) is 1. The second-order valence-electron chi connectivity index (χ2n) is 5.42. The number of carbonyl (C=O) groups is 2. The van der Waals surface area contributed by atoms with Crippen molar-refractivity contribution in [1.29, 1.82) is 0 Å². The highest BCUT2D eigenvalue weighted by atomic mass is 16.7. The molecule has 2 aliphatic rings. The molecule has 0 saturated carbocycles. The Morgan fingerprint density at radius 1 is 0.864 bits per heavy atom. The van der Waals surface area contributed by atoms with E-state index in [0.717, 1.165) is 11.3 Å². The van der Waals surface area contributed by atoms with Gasteiger partial charge in [-0.25, -0.2) is 5.06 Å². The van der Waals surface area contributed by atoms with Crippen molar-refractivity contribution in [3.8, 4) is 0 Å². The number of hydroxylamine groups is 1. The van der Waals surface area contributed by atoms with Crippen LogP contribution in [0.3, 0.4) is 0 Å². The Bertz CT molecular complexity index is 717. The Kier molecular flexibility index (Phi) is 2.94. The van der Waals surface area contributed by atoms with Gasteiger partial charge < -0.3 is 0 Å². The summed E-state index contributed by atoms with van der Waals surface area (Å²) < 4.78 is 0. The predicted molar refractivity (Wildman–Crippen MR) is 79.6 cm³/mol. The Balaban J connectivity index is 1.81. The van der Waals surface area contributed by atoms with Crippen LogP contribution in [0.25, 0.3) is 0 Å². The molecule has 0 spiro atoms. The number of nitrogens with zero attached hydrogens (tertiary/aromatic N) is 1. The maximum absolute atomic E-state index is 12.2. The van der Waals surface area contributed by atoms with Gasteiger partial charge in [0.25, 0.3) is 5.91 Å². The second kappa shape index (κ2) is 4.96. The van der Waals surface area contributed by atoms with Crippen LogP contribution in [0.4, 0.5) is 5.69 Å². The number of imide groups is 1. The molecule has 3 atom stereocenters. The molecule has 2 heterocycles. The second-order valence-corrected chi connectivity index (χ2v) is 5.42. The molecule has 2 aliphatic heterocycles. The molecule has 2 fully saturated rings. The molecule has 0 unspecified atom stereocenters. The summed E-state index contributed by atoms with van der Waals surface area (Å²) in [5.41, 5.74) is 1.77. The monoisotopic (exact) mass is 294 g/mol. The Morgan fingerprint density at radius 3 is 2.18 bits per heavy atom. The summed E-state index contributed by atoms with van der Waals surface area (Å²) in [5, 5.41) is 4.04. The largest absolute Gasteiger partial charge is 0.294 e. The van der Waals surface area contributed by atoms with Gasteiger partial charge in [0, 0.05) is 0 Å². The van der Waals surface area contributed by atoms with Crippen LogP contribution in [0, 0.1) is 5.92 Å². The van der Waals surface area contributed by atoms with Crippen LogP contribution in [0.5, 0.6) is 0 Å². The average Bonchev–Trinajstić information content (AvgIpc) is 3.08. The molecule has 110 valence electrons. The van der Waals surface area contributed by atoms with E-state index < -0.39 is 12.0 Å². The molecule has 4 rings (SSSR count). The first-order valence-electron chi connectivity index (χ1n) is 7.16. The number of fused-ring (bicyclic) bond motifs is 1. The number of hydrogen-bond donors (Lipinski definition) is 1. The number of rotatable bonds is 2. The van der Waals surface area contributed by atoms with E-state index in [1.165, 1.54) is 0 Å². The van der Waals surface area contributed by atoms with E-state index in [-0.39, 0.29) is 17.9 Å². The van der Waals surface area contributed by atoms with Crippen molar-refractivity contribution in [3.05, 3.63) is 66.2 Å². The van der Waals surface area contributed by atoms with E-state index in [4.69, 9.17) is 4.84 Å². The van der Waals surface area contributed by atoms with Gasteiger partial charge in [0.1, 0.15) is 5.92 Å². The summed E-state index contributed by atoms with van der Waals surface area (Å²) in [6.45, 7) is 0. The minimum atomic E-state index is -0.766. The number of amides is 2. The molecule has 2 aromatic rings. The summed E-state index contributed by atoms with van der Waals surface area (Å²) in [6, 6.07) is 18.8. The zero-order valence-electron chi connectivity index (χ0n) is 11.7. The summed E-state index contributed by atoms with van der Waals surface area (Å²) in [4.78, 5) is 29.9. The fraction of sp³-hybridized carbons (Fsp3) is 0.176. The third kappa shape index (κ3) is 1.90. The molecule has 5 heteroatoms. The smallest absolute Gasteiger partial charge is 0.259 e. The van der Waals surface area contributed by atoms with Gasteiger partial charge in [-0.1, -0.05) is 48.5 Å². The maximum Gasteiger partial charge on any atom is 0.259 e.